The summed E-state index contributed by atoms with van der Waals surface area (Å²) in [5, 5.41) is 6.10. The van der Waals surface area contributed by atoms with Crippen molar-refractivity contribution in [2.45, 2.75) is 31.6 Å². The number of hydrogen-bond donors (Lipinski definition) is 1. The van der Waals surface area contributed by atoms with Gasteiger partial charge in [-0.1, -0.05) is 17.4 Å². The molecule has 1 saturated heterocycles. The predicted molar refractivity (Wildman–Crippen MR) is 87.6 cm³/mol. The molecule has 0 aromatic carbocycles. The van der Waals surface area contributed by atoms with Crippen molar-refractivity contribution in [3.63, 3.8) is 0 Å². The van der Waals surface area contributed by atoms with E-state index in [0.29, 0.717) is 6.42 Å². The van der Waals surface area contributed by atoms with Crippen LogP contribution in [0.2, 0.25) is 0 Å². The average Bonchev–Trinajstić information content (AvgIpc) is 3.16. The third kappa shape index (κ3) is 2.46. The monoisotopic (exact) mass is 319 g/mol. The fourth-order valence-electron chi connectivity index (χ4n) is 3.05. The Morgan fingerprint density at radius 1 is 1.29 bits per heavy atom. The van der Waals surface area contributed by atoms with Gasteiger partial charge in [0.05, 0.1) is 4.88 Å². The first kappa shape index (κ1) is 13.3. The highest BCUT2D eigenvalue weighted by Crippen LogP contribution is 2.44. The Kier molecular flexibility index (Phi) is 3.43. The zero-order valence-electron chi connectivity index (χ0n) is 11.7. The standard InChI is InChI=1S/C15H17N3OS2/c19-12-9-10(11-5-4-8-20-11)13-14(16-12)17-15(21-13)18-6-2-1-3-7-18/h4-5,8,10H,1-3,6-7,9H2,(H,16,19)/t10-/m0/s1. The fourth-order valence-corrected chi connectivity index (χ4v) is 5.15. The molecule has 1 N–H and O–H groups in total. The molecule has 0 spiro atoms. The third-order valence-electron chi connectivity index (χ3n) is 4.12. The first-order valence-electron chi connectivity index (χ1n) is 7.40. The molecule has 4 rings (SSSR count). The number of nitrogens with zero attached hydrogens (tertiary/aromatic N) is 2. The molecule has 4 heterocycles. The van der Waals surface area contributed by atoms with Gasteiger partial charge >= 0.3 is 0 Å². The SMILES string of the molecule is O=C1C[C@@H](c2cccs2)c2sc(N3CCCCC3)nc2N1. The predicted octanol–water partition coefficient (Wildman–Crippen LogP) is 3.67. The Bertz CT molecular complexity index is 644. The van der Waals surface area contributed by atoms with Crippen LogP contribution in [0, 0.1) is 0 Å². The van der Waals surface area contributed by atoms with Crippen LogP contribution in [-0.2, 0) is 4.79 Å². The second-order valence-electron chi connectivity index (χ2n) is 5.58. The van der Waals surface area contributed by atoms with Gasteiger partial charge in [0.2, 0.25) is 5.91 Å². The summed E-state index contributed by atoms with van der Waals surface area (Å²) in [7, 11) is 0. The van der Waals surface area contributed by atoms with Crippen LogP contribution in [0.1, 0.15) is 41.4 Å². The molecule has 0 radical (unpaired) electrons. The van der Waals surface area contributed by atoms with Gasteiger partial charge in [-0.15, -0.1) is 11.3 Å². The number of carbonyl (C=O) groups excluding carboxylic acids is 1. The van der Waals surface area contributed by atoms with Crippen molar-refractivity contribution in [1.29, 1.82) is 0 Å². The number of aromatic nitrogens is 1. The zero-order valence-corrected chi connectivity index (χ0v) is 13.3. The molecule has 2 aliphatic heterocycles. The molecule has 110 valence electrons. The number of hydrogen-bond acceptors (Lipinski definition) is 5. The molecule has 0 saturated carbocycles. The van der Waals surface area contributed by atoms with Crippen molar-refractivity contribution in [3.05, 3.63) is 27.3 Å². The lowest BCUT2D eigenvalue weighted by Gasteiger charge is -2.25. The molecular formula is C15H17N3OS2. The molecule has 4 nitrogen and oxygen atoms in total. The summed E-state index contributed by atoms with van der Waals surface area (Å²) in [4.78, 5) is 21.5. The summed E-state index contributed by atoms with van der Waals surface area (Å²) >= 11 is 3.48. The van der Waals surface area contributed by atoms with E-state index in [2.05, 4.69) is 27.7 Å². The van der Waals surface area contributed by atoms with E-state index < -0.39 is 0 Å². The molecule has 0 unspecified atom stereocenters. The zero-order chi connectivity index (χ0) is 14.2. The van der Waals surface area contributed by atoms with Crippen LogP contribution in [0.5, 0.6) is 0 Å². The summed E-state index contributed by atoms with van der Waals surface area (Å²) in [6.07, 6.45) is 4.33. The molecule has 0 bridgehead atoms. The molecule has 1 amide bonds. The number of thiophene rings is 1. The smallest absolute Gasteiger partial charge is 0.226 e. The lowest BCUT2D eigenvalue weighted by molar-refractivity contribution is -0.116. The molecule has 1 atom stereocenters. The van der Waals surface area contributed by atoms with Crippen LogP contribution in [0.4, 0.5) is 10.9 Å². The van der Waals surface area contributed by atoms with Crippen LogP contribution in [-0.4, -0.2) is 24.0 Å². The second kappa shape index (κ2) is 5.42. The Morgan fingerprint density at radius 3 is 2.90 bits per heavy atom. The molecular weight excluding hydrogens is 302 g/mol. The maximum atomic E-state index is 12.0. The van der Waals surface area contributed by atoms with E-state index >= 15 is 0 Å². The minimum atomic E-state index is 0.0800. The highest BCUT2D eigenvalue weighted by molar-refractivity contribution is 7.16. The number of piperidine rings is 1. The van der Waals surface area contributed by atoms with Gasteiger partial charge in [-0.25, -0.2) is 4.98 Å². The van der Waals surface area contributed by atoms with Gasteiger partial charge in [0.25, 0.3) is 0 Å². The van der Waals surface area contributed by atoms with E-state index in [9.17, 15) is 4.79 Å². The van der Waals surface area contributed by atoms with E-state index in [1.54, 1.807) is 22.7 Å². The third-order valence-corrected chi connectivity index (χ3v) is 6.33. The number of thiazole rings is 1. The number of rotatable bonds is 2. The van der Waals surface area contributed by atoms with Gasteiger partial charge in [0, 0.05) is 30.3 Å². The van der Waals surface area contributed by atoms with Crippen LogP contribution in [0.15, 0.2) is 17.5 Å². The maximum absolute atomic E-state index is 12.0. The minimum absolute atomic E-state index is 0.0800. The van der Waals surface area contributed by atoms with Crippen molar-refractivity contribution >= 4 is 39.5 Å². The minimum Gasteiger partial charge on any atom is -0.348 e. The van der Waals surface area contributed by atoms with Gasteiger partial charge in [0.1, 0.15) is 5.82 Å². The van der Waals surface area contributed by atoms with Crippen LogP contribution < -0.4 is 10.2 Å². The van der Waals surface area contributed by atoms with Crippen molar-refractivity contribution < 1.29 is 4.79 Å². The van der Waals surface area contributed by atoms with Crippen molar-refractivity contribution in [3.8, 4) is 0 Å². The number of amides is 1. The highest BCUT2D eigenvalue weighted by atomic mass is 32.1. The average molecular weight is 319 g/mol. The fraction of sp³-hybridized carbons (Fsp3) is 0.467. The van der Waals surface area contributed by atoms with E-state index in [0.717, 1.165) is 24.0 Å². The van der Waals surface area contributed by atoms with E-state index in [1.165, 1.54) is 29.0 Å². The second-order valence-corrected chi connectivity index (χ2v) is 7.57. The molecule has 2 aliphatic rings. The Hall–Kier alpha value is -1.40. The first-order chi connectivity index (χ1) is 10.3. The molecule has 2 aromatic heterocycles. The normalized spacial score (nSPS) is 22.0. The summed E-state index contributed by atoms with van der Waals surface area (Å²) < 4.78 is 0. The highest BCUT2D eigenvalue weighted by Gasteiger charge is 2.31. The molecule has 2 aromatic rings. The largest absolute Gasteiger partial charge is 0.348 e. The number of carbonyl (C=O) groups is 1. The van der Waals surface area contributed by atoms with Crippen LogP contribution in [0.25, 0.3) is 0 Å². The van der Waals surface area contributed by atoms with E-state index in [1.807, 2.05) is 0 Å². The van der Waals surface area contributed by atoms with Gasteiger partial charge in [0.15, 0.2) is 5.13 Å². The van der Waals surface area contributed by atoms with Gasteiger partial charge in [-0.05, 0) is 30.7 Å². The van der Waals surface area contributed by atoms with Gasteiger partial charge in [-0.3, -0.25) is 4.79 Å². The summed E-state index contributed by atoms with van der Waals surface area (Å²) in [5.41, 5.74) is 0. The Morgan fingerprint density at radius 2 is 2.14 bits per heavy atom. The Balaban J connectivity index is 1.70. The number of nitrogens with one attached hydrogen (secondary N) is 1. The van der Waals surface area contributed by atoms with Gasteiger partial charge in [-0.2, -0.15) is 0 Å². The lowest BCUT2D eigenvalue weighted by atomic mass is 9.98. The topological polar surface area (TPSA) is 45.2 Å². The quantitative estimate of drug-likeness (QED) is 0.918. The lowest BCUT2D eigenvalue weighted by Crippen LogP contribution is -2.29. The maximum Gasteiger partial charge on any atom is 0.226 e. The first-order valence-corrected chi connectivity index (χ1v) is 9.10. The number of fused-ring (bicyclic) bond motifs is 1. The molecule has 6 heteroatoms. The van der Waals surface area contributed by atoms with Crippen molar-refractivity contribution in [2.75, 3.05) is 23.3 Å². The molecule has 1 fully saturated rings. The molecule has 0 aliphatic carbocycles. The van der Waals surface area contributed by atoms with Crippen molar-refractivity contribution in [2.24, 2.45) is 0 Å². The van der Waals surface area contributed by atoms with E-state index in [-0.39, 0.29) is 11.8 Å². The van der Waals surface area contributed by atoms with Crippen LogP contribution in [0.3, 0.4) is 0 Å². The summed E-state index contributed by atoms with van der Waals surface area (Å²) in [6.45, 7) is 2.17. The van der Waals surface area contributed by atoms with Gasteiger partial charge < -0.3 is 10.2 Å². The number of anilines is 2. The molecule has 21 heavy (non-hydrogen) atoms. The van der Waals surface area contributed by atoms with E-state index in [4.69, 9.17) is 4.98 Å². The van der Waals surface area contributed by atoms with Crippen LogP contribution >= 0.6 is 22.7 Å². The summed E-state index contributed by atoms with van der Waals surface area (Å²) in [6, 6.07) is 4.18. The van der Waals surface area contributed by atoms with Crippen molar-refractivity contribution in [1.82, 2.24) is 4.98 Å². The summed E-state index contributed by atoms with van der Waals surface area (Å²) in [5.74, 6) is 1.05. The Labute approximate surface area is 131 Å².